The third kappa shape index (κ3) is 67.0. The first-order valence-electron chi connectivity index (χ1n) is 34.7. The summed E-state index contributed by atoms with van der Waals surface area (Å²) in [6, 6.07) is 0. The van der Waals surface area contributed by atoms with Crippen molar-refractivity contribution in [2.24, 2.45) is 0 Å². The monoisotopic (exact) mass is 1130 g/mol. The highest BCUT2D eigenvalue weighted by atomic mass is 16.6. The lowest BCUT2D eigenvalue weighted by Gasteiger charge is -2.18. The Bertz CT molecular complexity index is 1580. The van der Waals surface area contributed by atoms with Crippen LogP contribution in [0, 0.1) is 0 Å². The molecule has 0 rings (SSSR count). The van der Waals surface area contributed by atoms with Gasteiger partial charge in [-0.25, -0.2) is 0 Å². The molecule has 0 aliphatic heterocycles. The lowest BCUT2D eigenvalue weighted by molar-refractivity contribution is -0.167. The van der Waals surface area contributed by atoms with Gasteiger partial charge in [0.25, 0.3) is 0 Å². The molecule has 6 heteroatoms. The summed E-state index contributed by atoms with van der Waals surface area (Å²) in [5.41, 5.74) is 0. The van der Waals surface area contributed by atoms with Gasteiger partial charge in [-0.15, -0.1) is 0 Å². The van der Waals surface area contributed by atoms with Crippen LogP contribution in [0.2, 0.25) is 0 Å². The Morgan fingerprint density at radius 1 is 0.259 bits per heavy atom. The van der Waals surface area contributed by atoms with E-state index in [1.807, 2.05) is 0 Å². The second-order valence-electron chi connectivity index (χ2n) is 23.1. The summed E-state index contributed by atoms with van der Waals surface area (Å²) in [6.45, 7) is 6.51. The van der Waals surface area contributed by atoms with Crippen LogP contribution in [-0.4, -0.2) is 37.2 Å². The molecule has 0 aromatic rings. The van der Waals surface area contributed by atoms with Gasteiger partial charge < -0.3 is 14.2 Å². The van der Waals surface area contributed by atoms with Crippen LogP contribution < -0.4 is 0 Å². The van der Waals surface area contributed by atoms with Gasteiger partial charge in [-0.3, -0.25) is 14.4 Å². The molecule has 466 valence electrons. The normalized spacial score (nSPS) is 12.7. The molecule has 0 amide bonds. The number of carbonyl (C=O) groups excluding carboxylic acids is 3. The van der Waals surface area contributed by atoms with Crippen LogP contribution >= 0.6 is 0 Å². The van der Waals surface area contributed by atoms with Crippen LogP contribution in [0.5, 0.6) is 0 Å². The van der Waals surface area contributed by atoms with Gasteiger partial charge in [-0.2, -0.15) is 0 Å². The van der Waals surface area contributed by atoms with E-state index in [1.165, 1.54) is 186 Å². The highest BCUT2D eigenvalue weighted by Crippen LogP contribution is 2.17. The average Bonchev–Trinajstić information content (AvgIpc) is 3.47. The zero-order chi connectivity index (χ0) is 58.5. The van der Waals surface area contributed by atoms with Crippen molar-refractivity contribution in [2.45, 2.75) is 348 Å². The number of hydrogen-bond donors (Lipinski definition) is 0. The van der Waals surface area contributed by atoms with Crippen LogP contribution in [0.1, 0.15) is 342 Å². The molecule has 0 aliphatic rings. The quantitative estimate of drug-likeness (QED) is 0.0261. The number of esters is 3. The molecule has 0 aromatic heterocycles. The summed E-state index contributed by atoms with van der Waals surface area (Å²) in [5, 5.41) is 0. The van der Waals surface area contributed by atoms with E-state index >= 15 is 0 Å². The lowest BCUT2D eigenvalue weighted by atomic mass is 10.0. The molecule has 0 fully saturated rings. The van der Waals surface area contributed by atoms with Gasteiger partial charge in [0.1, 0.15) is 13.2 Å². The number of hydrogen-bond acceptors (Lipinski definition) is 6. The number of carbonyl (C=O) groups is 3. The Labute approximate surface area is 502 Å². The van der Waals surface area contributed by atoms with Gasteiger partial charge in [0.2, 0.25) is 0 Å². The fourth-order valence-corrected chi connectivity index (χ4v) is 9.89. The topological polar surface area (TPSA) is 78.9 Å². The highest BCUT2D eigenvalue weighted by molar-refractivity contribution is 5.71. The number of allylic oxidation sites excluding steroid dienone is 16. The van der Waals surface area contributed by atoms with Crippen LogP contribution in [0.4, 0.5) is 0 Å². The standard InChI is InChI=1S/C75H130O6/c1-4-7-10-13-16-19-21-23-25-27-29-31-33-34-35-36-37-38-39-40-42-43-45-47-49-51-53-56-59-62-65-68-74(77)80-71-72(70-79-73(76)67-64-61-58-55-18-15-12-9-6-3)81-75(78)69-66-63-60-57-54-52-50-48-46-44-41-32-30-28-26-24-22-20-17-14-11-8-5-2/h8,11,17,20-21,23-24,26-27,29-30,32,44,46,50,52,72H,4-7,9-10,12-16,18-19,22,25,28,31,33-43,45,47-49,51,53-71H2,1-3H3/b11-8-,20-17-,23-21-,26-24-,29-27-,32-30-,46-44-,52-50-. The number of unbranched alkanes of at least 4 members (excludes halogenated alkanes) is 36. The molecule has 0 radical (unpaired) electrons. The smallest absolute Gasteiger partial charge is 0.306 e. The zero-order valence-electron chi connectivity index (χ0n) is 53.5. The lowest BCUT2D eigenvalue weighted by Crippen LogP contribution is -2.30. The molecule has 0 aromatic carbocycles. The van der Waals surface area contributed by atoms with Crippen molar-refractivity contribution < 1.29 is 28.6 Å². The summed E-state index contributed by atoms with van der Waals surface area (Å²) < 4.78 is 16.9. The number of rotatable bonds is 63. The van der Waals surface area contributed by atoms with Gasteiger partial charge >= 0.3 is 17.9 Å². The van der Waals surface area contributed by atoms with E-state index in [-0.39, 0.29) is 31.1 Å². The van der Waals surface area contributed by atoms with E-state index in [2.05, 4.69) is 118 Å². The van der Waals surface area contributed by atoms with Crippen molar-refractivity contribution in [3.8, 4) is 0 Å². The van der Waals surface area contributed by atoms with Crippen LogP contribution in [0.25, 0.3) is 0 Å². The first-order valence-corrected chi connectivity index (χ1v) is 34.7. The first-order chi connectivity index (χ1) is 40.0. The fourth-order valence-electron chi connectivity index (χ4n) is 9.89. The summed E-state index contributed by atoms with van der Waals surface area (Å²) in [4.78, 5) is 38.3. The van der Waals surface area contributed by atoms with Gasteiger partial charge in [0, 0.05) is 19.3 Å². The Morgan fingerprint density at radius 2 is 0.481 bits per heavy atom. The minimum absolute atomic E-state index is 0.0847. The van der Waals surface area contributed by atoms with E-state index in [9.17, 15) is 14.4 Å². The largest absolute Gasteiger partial charge is 0.462 e. The summed E-state index contributed by atoms with van der Waals surface area (Å²) in [7, 11) is 0. The van der Waals surface area contributed by atoms with Crippen LogP contribution in [0.3, 0.4) is 0 Å². The molecule has 0 saturated carbocycles. The summed E-state index contributed by atoms with van der Waals surface area (Å²) in [5.74, 6) is -0.899. The molecule has 0 heterocycles. The molecule has 1 unspecified atom stereocenters. The molecule has 0 aliphatic carbocycles. The van der Waals surface area contributed by atoms with Crippen LogP contribution in [0.15, 0.2) is 97.2 Å². The molecule has 0 N–H and O–H groups in total. The van der Waals surface area contributed by atoms with Crippen molar-refractivity contribution in [2.75, 3.05) is 13.2 Å². The van der Waals surface area contributed by atoms with E-state index in [0.717, 1.165) is 116 Å². The Kier molecular flexibility index (Phi) is 65.7. The van der Waals surface area contributed by atoms with Gasteiger partial charge in [-0.05, 0) is 103 Å². The second kappa shape index (κ2) is 68.8. The minimum atomic E-state index is -0.790. The predicted molar refractivity (Wildman–Crippen MR) is 353 cm³/mol. The highest BCUT2D eigenvalue weighted by Gasteiger charge is 2.19. The Morgan fingerprint density at radius 3 is 0.753 bits per heavy atom. The van der Waals surface area contributed by atoms with E-state index in [1.54, 1.807) is 0 Å². The minimum Gasteiger partial charge on any atom is -0.462 e. The molecule has 81 heavy (non-hydrogen) atoms. The maximum absolute atomic E-state index is 12.9. The number of ether oxygens (including phenoxy) is 3. The van der Waals surface area contributed by atoms with Gasteiger partial charge in [0.15, 0.2) is 6.10 Å². The first kappa shape index (κ1) is 77.3. The Balaban J connectivity index is 4.16. The molecule has 0 bridgehead atoms. The predicted octanol–water partition coefficient (Wildman–Crippen LogP) is 24.0. The van der Waals surface area contributed by atoms with Gasteiger partial charge in [-0.1, -0.05) is 317 Å². The van der Waals surface area contributed by atoms with E-state index in [4.69, 9.17) is 14.2 Å². The summed E-state index contributed by atoms with van der Waals surface area (Å²) in [6.07, 6.45) is 93.1. The van der Waals surface area contributed by atoms with Crippen molar-refractivity contribution in [1.29, 1.82) is 0 Å². The van der Waals surface area contributed by atoms with Crippen molar-refractivity contribution in [3.05, 3.63) is 97.2 Å². The maximum atomic E-state index is 12.9. The molecule has 6 nitrogen and oxygen atoms in total. The molecule has 0 spiro atoms. The fraction of sp³-hybridized carbons (Fsp3) is 0.747. The third-order valence-corrected chi connectivity index (χ3v) is 15.1. The molecule has 0 saturated heterocycles. The van der Waals surface area contributed by atoms with Gasteiger partial charge in [0.05, 0.1) is 0 Å². The second-order valence-corrected chi connectivity index (χ2v) is 23.1. The molecule has 1 atom stereocenters. The SMILES string of the molecule is CC/C=C\C/C=C\C/C=C\C/C=C\C/C=C\C/C=C\CCCCCCC(=O)OC(COC(=O)CCCCCCCCCCC)COC(=O)CCCCCCCCCCCCCCCCCCCCC/C=C\C/C=C\CCCCCCC. The van der Waals surface area contributed by atoms with Crippen molar-refractivity contribution >= 4 is 17.9 Å². The third-order valence-electron chi connectivity index (χ3n) is 15.1. The molecular formula is C75H130O6. The van der Waals surface area contributed by atoms with Crippen LogP contribution in [-0.2, 0) is 28.6 Å². The average molecular weight is 1130 g/mol. The van der Waals surface area contributed by atoms with E-state index < -0.39 is 6.10 Å². The Hall–Kier alpha value is -3.67. The molecular weight excluding hydrogens is 997 g/mol. The van der Waals surface area contributed by atoms with Crippen molar-refractivity contribution in [1.82, 2.24) is 0 Å². The van der Waals surface area contributed by atoms with E-state index in [0.29, 0.717) is 19.3 Å². The zero-order valence-corrected chi connectivity index (χ0v) is 53.5. The maximum Gasteiger partial charge on any atom is 0.306 e. The summed E-state index contributed by atoms with van der Waals surface area (Å²) >= 11 is 0. The van der Waals surface area contributed by atoms with Crippen molar-refractivity contribution in [3.63, 3.8) is 0 Å².